The molecule has 2 aromatic carbocycles. The lowest BCUT2D eigenvalue weighted by molar-refractivity contribution is 0.0893. The third-order valence-electron chi connectivity index (χ3n) is 4.83. The molecule has 1 heterocycles. The first-order chi connectivity index (χ1) is 12.7. The first kappa shape index (κ1) is 16.4. The van der Waals surface area contributed by atoms with Gasteiger partial charge in [-0.1, -0.05) is 30.3 Å². The quantitative estimate of drug-likeness (QED) is 0.760. The van der Waals surface area contributed by atoms with Gasteiger partial charge >= 0.3 is 0 Å². The number of hydrogen-bond acceptors (Lipinski definition) is 3. The van der Waals surface area contributed by atoms with Crippen LogP contribution in [0.2, 0.25) is 0 Å². The number of carbonyl (C=O) groups excluding carboxylic acids is 1. The van der Waals surface area contributed by atoms with Gasteiger partial charge in [0, 0.05) is 17.1 Å². The van der Waals surface area contributed by atoms with Gasteiger partial charge in [0.1, 0.15) is 17.4 Å². The van der Waals surface area contributed by atoms with Crippen LogP contribution < -0.4 is 15.5 Å². The number of para-hydroxylation sites is 2. The number of ether oxygens (including phenoxy) is 1. The predicted molar refractivity (Wildman–Crippen MR) is 101 cm³/mol. The SMILES string of the molecule is O=C(NC1CCCC1Oc1ccccc1)c1c[nH]c2ccccc2c1=O. The van der Waals surface area contributed by atoms with Crippen molar-refractivity contribution in [2.24, 2.45) is 0 Å². The van der Waals surface area contributed by atoms with Gasteiger partial charge in [-0.3, -0.25) is 9.59 Å². The summed E-state index contributed by atoms with van der Waals surface area (Å²) in [6.45, 7) is 0. The smallest absolute Gasteiger partial charge is 0.257 e. The topological polar surface area (TPSA) is 71.2 Å². The Kier molecular flexibility index (Phi) is 4.44. The van der Waals surface area contributed by atoms with E-state index in [2.05, 4.69) is 10.3 Å². The van der Waals surface area contributed by atoms with Crippen molar-refractivity contribution in [1.29, 1.82) is 0 Å². The fraction of sp³-hybridized carbons (Fsp3) is 0.238. The lowest BCUT2D eigenvalue weighted by Gasteiger charge is -2.22. The van der Waals surface area contributed by atoms with Crippen molar-refractivity contribution in [2.45, 2.75) is 31.4 Å². The van der Waals surface area contributed by atoms with E-state index in [-0.39, 0.29) is 29.0 Å². The van der Waals surface area contributed by atoms with Gasteiger partial charge in [0.2, 0.25) is 5.43 Å². The molecule has 1 fully saturated rings. The summed E-state index contributed by atoms with van der Waals surface area (Å²) >= 11 is 0. The van der Waals surface area contributed by atoms with Crippen LogP contribution in [0.5, 0.6) is 5.75 Å². The van der Waals surface area contributed by atoms with Crippen LogP contribution in [0.1, 0.15) is 29.6 Å². The predicted octanol–water partition coefficient (Wildman–Crippen LogP) is 3.26. The molecular formula is C21H20N2O3. The van der Waals surface area contributed by atoms with Crippen LogP contribution in [-0.2, 0) is 0 Å². The van der Waals surface area contributed by atoms with Crippen LogP contribution in [0.4, 0.5) is 0 Å². The Morgan fingerprint density at radius 3 is 2.65 bits per heavy atom. The lowest BCUT2D eigenvalue weighted by atomic mass is 10.1. The second kappa shape index (κ2) is 7.04. The number of H-pyrrole nitrogens is 1. The first-order valence-corrected chi connectivity index (χ1v) is 8.85. The standard InChI is InChI=1S/C21H20N2O3/c24-20-15-9-4-5-10-17(15)22-13-16(20)21(25)23-18-11-6-12-19(18)26-14-7-2-1-3-8-14/h1-5,7-10,13,18-19H,6,11-12H2,(H,22,24)(H,23,25). The number of aromatic amines is 1. The molecule has 0 spiro atoms. The number of aromatic nitrogens is 1. The molecule has 5 nitrogen and oxygen atoms in total. The van der Waals surface area contributed by atoms with E-state index in [9.17, 15) is 9.59 Å². The Balaban J connectivity index is 1.52. The molecule has 3 aromatic rings. The number of hydrogen-bond donors (Lipinski definition) is 2. The van der Waals surface area contributed by atoms with Crippen molar-refractivity contribution >= 4 is 16.8 Å². The van der Waals surface area contributed by atoms with Crippen LogP contribution in [0.3, 0.4) is 0 Å². The molecule has 4 rings (SSSR count). The molecule has 0 bridgehead atoms. The molecule has 5 heteroatoms. The highest BCUT2D eigenvalue weighted by molar-refractivity contribution is 5.97. The molecule has 0 aliphatic heterocycles. The van der Waals surface area contributed by atoms with Crippen LogP contribution in [0.15, 0.2) is 65.6 Å². The van der Waals surface area contributed by atoms with Gasteiger partial charge in [-0.25, -0.2) is 0 Å². The fourth-order valence-corrected chi connectivity index (χ4v) is 3.49. The fourth-order valence-electron chi connectivity index (χ4n) is 3.49. The lowest BCUT2D eigenvalue weighted by Crippen LogP contribution is -2.43. The molecule has 1 amide bonds. The summed E-state index contributed by atoms with van der Waals surface area (Å²) in [5, 5.41) is 3.50. The normalized spacial score (nSPS) is 19.4. The summed E-state index contributed by atoms with van der Waals surface area (Å²) in [5.74, 6) is 0.438. The van der Waals surface area contributed by atoms with E-state index in [1.54, 1.807) is 12.1 Å². The molecule has 2 atom stereocenters. The van der Waals surface area contributed by atoms with Crippen LogP contribution in [0, 0.1) is 0 Å². The highest BCUT2D eigenvalue weighted by Crippen LogP contribution is 2.25. The van der Waals surface area contributed by atoms with Crippen molar-refractivity contribution in [2.75, 3.05) is 0 Å². The number of nitrogens with one attached hydrogen (secondary N) is 2. The summed E-state index contributed by atoms with van der Waals surface area (Å²) in [6.07, 6.45) is 4.11. The zero-order valence-electron chi connectivity index (χ0n) is 14.3. The van der Waals surface area contributed by atoms with Crippen molar-refractivity contribution in [3.05, 3.63) is 76.6 Å². The van der Waals surface area contributed by atoms with Crippen molar-refractivity contribution in [3.8, 4) is 5.75 Å². The van der Waals surface area contributed by atoms with Crippen LogP contribution >= 0.6 is 0 Å². The molecule has 1 aliphatic carbocycles. The van der Waals surface area contributed by atoms with E-state index >= 15 is 0 Å². The third kappa shape index (κ3) is 3.20. The van der Waals surface area contributed by atoms with Crippen molar-refractivity contribution in [3.63, 3.8) is 0 Å². The van der Waals surface area contributed by atoms with Gasteiger partial charge < -0.3 is 15.0 Å². The molecule has 1 aliphatic rings. The summed E-state index contributed by atoms with van der Waals surface area (Å²) in [6, 6.07) is 16.7. The largest absolute Gasteiger partial charge is 0.488 e. The Morgan fingerprint density at radius 1 is 1.04 bits per heavy atom. The zero-order chi connectivity index (χ0) is 17.9. The molecular weight excluding hydrogens is 328 g/mol. The average Bonchev–Trinajstić information content (AvgIpc) is 3.09. The van der Waals surface area contributed by atoms with Gasteiger partial charge in [-0.05, 0) is 43.5 Å². The molecule has 132 valence electrons. The number of fused-ring (bicyclic) bond motifs is 1. The van der Waals surface area contributed by atoms with E-state index in [1.807, 2.05) is 42.5 Å². The third-order valence-corrected chi connectivity index (χ3v) is 4.83. The van der Waals surface area contributed by atoms with Gasteiger partial charge in [0.15, 0.2) is 0 Å². The van der Waals surface area contributed by atoms with Crippen molar-refractivity contribution in [1.82, 2.24) is 10.3 Å². The number of benzene rings is 2. The Bertz CT molecular complexity index is 981. The van der Waals surface area contributed by atoms with Gasteiger partial charge in [0.25, 0.3) is 5.91 Å². The second-order valence-electron chi connectivity index (χ2n) is 6.56. The summed E-state index contributed by atoms with van der Waals surface area (Å²) in [7, 11) is 0. The zero-order valence-corrected chi connectivity index (χ0v) is 14.3. The Hall–Kier alpha value is -3.08. The number of rotatable bonds is 4. The average molecular weight is 348 g/mol. The Labute approximate surface area is 151 Å². The molecule has 0 saturated heterocycles. The molecule has 1 aromatic heterocycles. The molecule has 2 unspecified atom stereocenters. The summed E-state index contributed by atoms with van der Waals surface area (Å²) in [5.41, 5.74) is 0.602. The number of amides is 1. The minimum atomic E-state index is -0.356. The maximum atomic E-state index is 12.7. The highest BCUT2D eigenvalue weighted by atomic mass is 16.5. The van der Waals surface area contributed by atoms with Gasteiger partial charge in [-0.15, -0.1) is 0 Å². The van der Waals surface area contributed by atoms with E-state index in [4.69, 9.17) is 4.74 Å². The number of carbonyl (C=O) groups is 1. The maximum absolute atomic E-state index is 12.7. The maximum Gasteiger partial charge on any atom is 0.257 e. The van der Waals surface area contributed by atoms with E-state index in [1.165, 1.54) is 6.20 Å². The number of pyridine rings is 1. The monoisotopic (exact) mass is 348 g/mol. The summed E-state index contributed by atoms with van der Waals surface area (Å²) in [4.78, 5) is 28.3. The van der Waals surface area contributed by atoms with Crippen LogP contribution in [-0.4, -0.2) is 23.0 Å². The van der Waals surface area contributed by atoms with E-state index in [0.717, 1.165) is 30.5 Å². The Morgan fingerprint density at radius 2 is 1.81 bits per heavy atom. The molecule has 0 radical (unpaired) electrons. The second-order valence-corrected chi connectivity index (χ2v) is 6.56. The summed E-state index contributed by atoms with van der Waals surface area (Å²) < 4.78 is 6.02. The van der Waals surface area contributed by atoms with Gasteiger partial charge in [0.05, 0.1) is 6.04 Å². The molecule has 2 N–H and O–H groups in total. The minimum Gasteiger partial charge on any atom is -0.488 e. The minimum absolute atomic E-state index is 0.0825. The van der Waals surface area contributed by atoms with Gasteiger partial charge in [-0.2, -0.15) is 0 Å². The van der Waals surface area contributed by atoms with E-state index < -0.39 is 0 Å². The van der Waals surface area contributed by atoms with Crippen molar-refractivity contribution < 1.29 is 9.53 Å². The first-order valence-electron chi connectivity index (χ1n) is 8.85. The van der Waals surface area contributed by atoms with E-state index in [0.29, 0.717) is 5.39 Å². The highest BCUT2D eigenvalue weighted by Gasteiger charge is 2.31. The molecule has 1 saturated carbocycles. The van der Waals surface area contributed by atoms with Crippen LogP contribution in [0.25, 0.3) is 10.9 Å². The molecule has 26 heavy (non-hydrogen) atoms.